The summed E-state index contributed by atoms with van der Waals surface area (Å²) >= 11 is 0. The van der Waals surface area contributed by atoms with Crippen LogP contribution in [0.25, 0.3) is 16.9 Å². The number of fused-ring (bicyclic) bond motifs is 2. The number of anilines is 1. The van der Waals surface area contributed by atoms with Crippen LogP contribution in [0.15, 0.2) is 49.1 Å². The molecule has 1 saturated carbocycles. The van der Waals surface area contributed by atoms with Crippen LogP contribution < -0.4 is 10.2 Å². The summed E-state index contributed by atoms with van der Waals surface area (Å²) in [5.74, 6) is 0.735. The summed E-state index contributed by atoms with van der Waals surface area (Å²) in [6, 6.07) is 8.74. The monoisotopic (exact) mass is 408 g/mol. The molecule has 8 heteroatoms. The first-order valence-corrected chi connectivity index (χ1v) is 10.1. The maximum absolute atomic E-state index is 15.2. The van der Waals surface area contributed by atoms with Crippen LogP contribution in [0.1, 0.15) is 20.3 Å². The number of imidazole rings is 1. The fraction of sp³-hybridized carbons (Fsp3) is 0.409. The molecule has 2 bridgehead atoms. The van der Waals surface area contributed by atoms with E-state index in [0.29, 0.717) is 17.1 Å². The van der Waals surface area contributed by atoms with Crippen LogP contribution in [-0.2, 0) is 0 Å². The molecule has 3 heterocycles. The zero-order chi connectivity index (χ0) is 21.1. The molecule has 2 fully saturated rings. The first-order valence-electron chi connectivity index (χ1n) is 10.1. The fourth-order valence-corrected chi connectivity index (χ4v) is 5.25. The van der Waals surface area contributed by atoms with Crippen molar-refractivity contribution in [1.29, 1.82) is 0 Å². The SMILES string of the molecule is CN(c1ccc(-c2ccc(-n3ccnc3)cc2O)nn1)[C@@H]1[C@H](F)[C@]2(C)C[C@@]1(C)CN2. The number of alkyl halides is 1. The molecule has 2 N–H and O–H groups in total. The van der Waals surface area contributed by atoms with Crippen molar-refractivity contribution in [3.63, 3.8) is 0 Å². The normalized spacial score (nSPS) is 30.0. The molecule has 4 atom stereocenters. The van der Waals surface area contributed by atoms with Gasteiger partial charge in [-0.25, -0.2) is 9.37 Å². The third kappa shape index (κ3) is 2.78. The maximum atomic E-state index is 15.2. The van der Waals surface area contributed by atoms with E-state index in [2.05, 4.69) is 27.4 Å². The highest BCUT2D eigenvalue weighted by atomic mass is 19.1. The smallest absolute Gasteiger partial charge is 0.151 e. The molecule has 1 aliphatic heterocycles. The van der Waals surface area contributed by atoms with Crippen LogP contribution in [-0.4, -0.2) is 56.2 Å². The average Bonchev–Trinajstić information content (AvgIpc) is 3.41. The Morgan fingerprint density at radius 2 is 2.07 bits per heavy atom. The molecule has 0 spiro atoms. The van der Waals surface area contributed by atoms with Gasteiger partial charge >= 0.3 is 0 Å². The summed E-state index contributed by atoms with van der Waals surface area (Å²) in [5, 5.41) is 22.5. The number of benzene rings is 1. The number of hydrogen-bond acceptors (Lipinski definition) is 6. The van der Waals surface area contributed by atoms with Crippen molar-refractivity contribution in [3.05, 3.63) is 49.1 Å². The van der Waals surface area contributed by atoms with Gasteiger partial charge in [0.2, 0.25) is 0 Å². The molecule has 1 saturated heterocycles. The van der Waals surface area contributed by atoms with Gasteiger partial charge < -0.3 is 19.9 Å². The van der Waals surface area contributed by atoms with Gasteiger partial charge in [-0.15, -0.1) is 10.2 Å². The molecule has 1 aliphatic carbocycles. The zero-order valence-electron chi connectivity index (χ0n) is 17.2. The summed E-state index contributed by atoms with van der Waals surface area (Å²) in [6.45, 7) is 4.89. The van der Waals surface area contributed by atoms with Crippen LogP contribution in [0.5, 0.6) is 5.75 Å². The average molecular weight is 408 g/mol. The first-order chi connectivity index (χ1) is 14.3. The highest BCUT2D eigenvalue weighted by Gasteiger charge is 2.63. The Morgan fingerprint density at radius 3 is 2.67 bits per heavy atom. The Hall–Kier alpha value is -3.00. The predicted octanol–water partition coefficient (Wildman–Crippen LogP) is 2.95. The lowest BCUT2D eigenvalue weighted by Gasteiger charge is -2.42. The van der Waals surface area contributed by atoms with Crippen molar-refractivity contribution in [2.45, 2.75) is 38.0 Å². The van der Waals surface area contributed by atoms with Gasteiger partial charge in [0.15, 0.2) is 5.82 Å². The van der Waals surface area contributed by atoms with Crippen molar-refractivity contribution >= 4 is 5.82 Å². The van der Waals surface area contributed by atoms with Gasteiger partial charge in [-0.1, -0.05) is 6.92 Å². The molecule has 1 aromatic carbocycles. The highest BCUT2D eigenvalue weighted by Crippen LogP contribution is 2.52. The van der Waals surface area contributed by atoms with Crippen LogP contribution in [0.4, 0.5) is 10.2 Å². The molecule has 5 rings (SSSR count). The molecule has 0 radical (unpaired) electrons. The van der Waals surface area contributed by atoms with E-state index in [-0.39, 0.29) is 17.2 Å². The second-order valence-electron chi connectivity index (χ2n) is 9.01. The van der Waals surface area contributed by atoms with Gasteiger partial charge in [0.05, 0.1) is 23.8 Å². The number of aromatic nitrogens is 4. The maximum Gasteiger partial charge on any atom is 0.151 e. The van der Waals surface area contributed by atoms with Crippen molar-refractivity contribution < 1.29 is 9.50 Å². The lowest BCUT2D eigenvalue weighted by atomic mass is 9.84. The van der Waals surface area contributed by atoms with Crippen LogP contribution in [0.3, 0.4) is 0 Å². The quantitative estimate of drug-likeness (QED) is 0.691. The van der Waals surface area contributed by atoms with Gasteiger partial charge in [0.25, 0.3) is 0 Å². The van der Waals surface area contributed by atoms with Gasteiger partial charge in [0.1, 0.15) is 11.9 Å². The number of halogens is 1. The van der Waals surface area contributed by atoms with Crippen LogP contribution in [0, 0.1) is 5.41 Å². The molecular formula is C22H25FN6O. The van der Waals surface area contributed by atoms with E-state index in [4.69, 9.17) is 0 Å². The van der Waals surface area contributed by atoms with E-state index in [1.165, 1.54) is 0 Å². The topological polar surface area (TPSA) is 79.1 Å². The lowest BCUT2D eigenvalue weighted by molar-refractivity contribution is 0.140. The predicted molar refractivity (Wildman–Crippen MR) is 112 cm³/mol. The molecule has 7 nitrogen and oxygen atoms in total. The molecule has 30 heavy (non-hydrogen) atoms. The minimum absolute atomic E-state index is 0.111. The standard InChI is InChI=1S/C22H25FN6O/c1-21-11-22(2,25-12-21)19(23)20(21)28(3)18-7-6-16(26-27-18)15-5-4-14(10-17(15)30)29-9-8-24-13-29/h4-10,13,19-20,25,30H,11-12H2,1-3H3/t19-,20+,21-,22-/m0/s1. The molecule has 2 aliphatic rings. The summed E-state index contributed by atoms with van der Waals surface area (Å²) in [4.78, 5) is 5.93. The second kappa shape index (κ2) is 6.50. The summed E-state index contributed by atoms with van der Waals surface area (Å²) in [6.07, 6.45) is 4.98. The molecule has 156 valence electrons. The Bertz CT molecular complexity index is 1070. The largest absolute Gasteiger partial charge is 0.507 e. The Morgan fingerprint density at radius 1 is 1.23 bits per heavy atom. The van der Waals surface area contributed by atoms with E-state index in [1.54, 1.807) is 24.7 Å². The number of nitrogens with one attached hydrogen (secondary N) is 1. The zero-order valence-corrected chi connectivity index (χ0v) is 17.2. The molecule has 2 aromatic heterocycles. The Labute approximate surface area is 174 Å². The Kier molecular flexibility index (Phi) is 4.12. The van der Waals surface area contributed by atoms with E-state index >= 15 is 4.39 Å². The van der Waals surface area contributed by atoms with Gasteiger partial charge in [-0.3, -0.25) is 0 Å². The molecular weight excluding hydrogens is 383 g/mol. The van der Waals surface area contributed by atoms with E-state index in [9.17, 15) is 5.11 Å². The number of hydrogen-bond donors (Lipinski definition) is 2. The minimum Gasteiger partial charge on any atom is -0.507 e. The number of rotatable bonds is 4. The summed E-state index contributed by atoms with van der Waals surface area (Å²) < 4.78 is 17.0. The van der Waals surface area contributed by atoms with Crippen LogP contribution >= 0.6 is 0 Å². The summed E-state index contributed by atoms with van der Waals surface area (Å²) in [7, 11) is 1.88. The minimum atomic E-state index is -0.984. The van der Waals surface area contributed by atoms with Crippen molar-refractivity contribution in [1.82, 2.24) is 25.1 Å². The van der Waals surface area contributed by atoms with Crippen LogP contribution in [0.2, 0.25) is 0 Å². The van der Waals surface area contributed by atoms with Gasteiger partial charge in [-0.2, -0.15) is 0 Å². The first kappa shape index (κ1) is 19.0. The number of aromatic hydroxyl groups is 1. The van der Waals surface area contributed by atoms with E-state index < -0.39 is 11.7 Å². The Balaban J connectivity index is 1.40. The number of piperidine rings is 1. The second-order valence-corrected chi connectivity index (χ2v) is 9.01. The third-order valence-corrected chi connectivity index (χ3v) is 6.76. The van der Waals surface area contributed by atoms with Crippen molar-refractivity contribution in [2.75, 3.05) is 18.5 Å². The number of nitrogens with zero attached hydrogens (tertiary/aromatic N) is 5. The lowest BCUT2D eigenvalue weighted by Crippen LogP contribution is -2.59. The third-order valence-electron chi connectivity index (χ3n) is 6.76. The molecule has 3 aromatic rings. The highest BCUT2D eigenvalue weighted by molar-refractivity contribution is 5.69. The number of phenols is 1. The van der Waals surface area contributed by atoms with Gasteiger partial charge in [-0.05, 0) is 37.6 Å². The van der Waals surface area contributed by atoms with Gasteiger partial charge in [0, 0.05) is 48.6 Å². The van der Waals surface area contributed by atoms with E-state index in [1.807, 2.05) is 47.8 Å². The molecule has 0 unspecified atom stereocenters. The fourth-order valence-electron chi connectivity index (χ4n) is 5.25. The van der Waals surface area contributed by atoms with Crippen molar-refractivity contribution in [2.24, 2.45) is 5.41 Å². The van der Waals surface area contributed by atoms with E-state index in [0.717, 1.165) is 18.7 Å². The molecule has 0 amide bonds. The van der Waals surface area contributed by atoms with Crippen molar-refractivity contribution in [3.8, 4) is 22.7 Å². The number of phenolic OH excluding ortho intramolecular Hbond substituents is 1. The summed E-state index contributed by atoms with van der Waals surface area (Å²) in [5.41, 5.74) is 1.33.